The smallest absolute Gasteiger partial charge is 0.122 e. The Morgan fingerprint density at radius 3 is 2.76 bits per heavy atom. The highest BCUT2D eigenvalue weighted by Crippen LogP contribution is 2.21. The number of allylic oxidation sites excluding steroid dienone is 2. The number of unbranched alkanes of at least 4 members (excludes halogenated alkanes) is 4. The van der Waals surface area contributed by atoms with Crippen molar-refractivity contribution in [1.82, 2.24) is 0 Å². The molecule has 0 bridgehead atoms. The highest BCUT2D eigenvalue weighted by molar-refractivity contribution is 5.33. The van der Waals surface area contributed by atoms with E-state index in [1.807, 2.05) is 6.07 Å². The minimum absolute atomic E-state index is 0.320. The average Bonchev–Trinajstić information content (AvgIpc) is 3.33. The minimum atomic E-state index is 0.320. The van der Waals surface area contributed by atoms with Gasteiger partial charge in [0.25, 0.3) is 0 Å². The quantitative estimate of drug-likeness (QED) is 0.327. The third-order valence-corrected chi connectivity index (χ3v) is 3.77. The van der Waals surface area contributed by atoms with Crippen LogP contribution in [0.3, 0.4) is 0 Å². The van der Waals surface area contributed by atoms with E-state index in [1.54, 1.807) is 0 Å². The predicted octanol–water partition coefficient (Wildman–Crippen LogP) is 4.92. The van der Waals surface area contributed by atoms with Gasteiger partial charge >= 0.3 is 0 Å². The SMILES string of the molecule is CCCCCC/C=C/CCc1ccccc1OCC1CO1. The normalized spacial score (nSPS) is 17.3. The van der Waals surface area contributed by atoms with Gasteiger partial charge in [-0.3, -0.25) is 0 Å². The maximum atomic E-state index is 5.83. The summed E-state index contributed by atoms with van der Waals surface area (Å²) in [4.78, 5) is 0. The number of benzene rings is 1. The van der Waals surface area contributed by atoms with Crippen molar-refractivity contribution < 1.29 is 9.47 Å². The standard InChI is InChI=1S/C19H28O2/c1-2-3-4-5-6-7-8-9-12-17-13-10-11-14-19(17)21-16-18-15-20-18/h7-8,10-11,13-14,18H,2-6,9,12,15-16H2,1H3/b8-7+. The summed E-state index contributed by atoms with van der Waals surface area (Å²) in [5.41, 5.74) is 1.30. The Kier molecular flexibility index (Phi) is 7.37. The fraction of sp³-hybridized carbons (Fsp3) is 0.579. The summed E-state index contributed by atoms with van der Waals surface area (Å²) in [6.07, 6.45) is 13.7. The number of hydrogen-bond donors (Lipinski definition) is 0. The molecule has 2 nitrogen and oxygen atoms in total. The van der Waals surface area contributed by atoms with Crippen LogP contribution in [0.25, 0.3) is 0 Å². The molecule has 1 unspecified atom stereocenters. The molecule has 21 heavy (non-hydrogen) atoms. The summed E-state index contributed by atoms with van der Waals surface area (Å²) in [6.45, 7) is 3.79. The molecule has 2 rings (SSSR count). The lowest BCUT2D eigenvalue weighted by atomic mass is 10.1. The molecule has 0 spiro atoms. The summed E-state index contributed by atoms with van der Waals surface area (Å²) < 4.78 is 11.0. The van der Waals surface area contributed by atoms with Crippen molar-refractivity contribution in [2.24, 2.45) is 0 Å². The molecule has 0 radical (unpaired) electrons. The molecule has 0 amide bonds. The Labute approximate surface area is 129 Å². The lowest BCUT2D eigenvalue weighted by Gasteiger charge is -2.09. The highest BCUT2D eigenvalue weighted by atomic mass is 16.6. The highest BCUT2D eigenvalue weighted by Gasteiger charge is 2.23. The minimum Gasteiger partial charge on any atom is -0.491 e. The first-order chi connectivity index (χ1) is 10.4. The van der Waals surface area contributed by atoms with Gasteiger partial charge < -0.3 is 9.47 Å². The maximum absolute atomic E-state index is 5.83. The lowest BCUT2D eigenvalue weighted by Crippen LogP contribution is -2.05. The van der Waals surface area contributed by atoms with Gasteiger partial charge in [0.2, 0.25) is 0 Å². The summed E-state index contributed by atoms with van der Waals surface area (Å²) >= 11 is 0. The van der Waals surface area contributed by atoms with E-state index in [0.29, 0.717) is 12.7 Å². The van der Waals surface area contributed by atoms with E-state index in [-0.39, 0.29) is 0 Å². The molecule has 0 aromatic heterocycles. The van der Waals surface area contributed by atoms with Crippen LogP contribution in [0.15, 0.2) is 36.4 Å². The monoisotopic (exact) mass is 288 g/mol. The lowest BCUT2D eigenvalue weighted by molar-refractivity contribution is 0.261. The van der Waals surface area contributed by atoms with Gasteiger partial charge in [-0.1, -0.05) is 56.5 Å². The number of ether oxygens (including phenoxy) is 2. The molecular weight excluding hydrogens is 260 g/mol. The number of rotatable bonds is 11. The van der Waals surface area contributed by atoms with Crippen molar-refractivity contribution in [1.29, 1.82) is 0 Å². The maximum Gasteiger partial charge on any atom is 0.122 e. The zero-order valence-electron chi connectivity index (χ0n) is 13.2. The van der Waals surface area contributed by atoms with Crippen molar-refractivity contribution in [3.05, 3.63) is 42.0 Å². The summed E-state index contributed by atoms with van der Waals surface area (Å²) in [7, 11) is 0. The van der Waals surface area contributed by atoms with Gasteiger partial charge in [0, 0.05) is 0 Å². The van der Waals surface area contributed by atoms with Gasteiger partial charge in [-0.25, -0.2) is 0 Å². The Morgan fingerprint density at radius 1 is 1.14 bits per heavy atom. The van der Waals surface area contributed by atoms with Crippen LogP contribution in [-0.4, -0.2) is 19.3 Å². The van der Waals surface area contributed by atoms with Gasteiger partial charge in [-0.05, 0) is 37.3 Å². The molecule has 1 aromatic carbocycles. The Hall–Kier alpha value is -1.28. The molecule has 1 saturated heterocycles. The number of epoxide rings is 1. The van der Waals surface area contributed by atoms with Crippen LogP contribution in [0.2, 0.25) is 0 Å². The van der Waals surface area contributed by atoms with Crippen molar-refractivity contribution in [2.45, 2.75) is 58.0 Å². The van der Waals surface area contributed by atoms with Crippen LogP contribution in [0, 0.1) is 0 Å². The number of para-hydroxylation sites is 1. The van der Waals surface area contributed by atoms with Crippen molar-refractivity contribution in [3.8, 4) is 5.75 Å². The van der Waals surface area contributed by atoms with Crippen LogP contribution >= 0.6 is 0 Å². The fourth-order valence-electron chi connectivity index (χ4n) is 2.36. The molecule has 1 atom stereocenters. The second kappa shape index (κ2) is 9.62. The van der Waals surface area contributed by atoms with E-state index in [2.05, 4.69) is 37.3 Å². The Morgan fingerprint density at radius 2 is 1.95 bits per heavy atom. The van der Waals surface area contributed by atoms with Gasteiger partial charge in [0.1, 0.15) is 18.5 Å². The van der Waals surface area contributed by atoms with E-state index in [0.717, 1.165) is 25.2 Å². The van der Waals surface area contributed by atoms with Crippen LogP contribution in [0.5, 0.6) is 5.75 Å². The molecule has 1 fully saturated rings. The van der Waals surface area contributed by atoms with Crippen molar-refractivity contribution in [3.63, 3.8) is 0 Å². The Balaban J connectivity index is 1.65. The molecule has 116 valence electrons. The number of aryl methyl sites for hydroxylation is 1. The molecule has 0 N–H and O–H groups in total. The zero-order valence-corrected chi connectivity index (χ0v) is 13.2. The average molecular weight is 288 g/mol. The van der Waals surface area contributed by atoms with E-state index in [9.17, 15) is 0 Å². The van der Waals surface area contributed by atoms with Crippen LogP contribution < -0.4 is 4.74 Å². The first-order valence-electron chi connectivity index (χ1n) is 8.37. The largest absolute Gasteiger partial charge is 0.491 e. The summed E-state index contributed by atoms with van der Waals surface area (Å²) in [5.74, 6) is 1.02. The van der Waals surface area contributed by atoms with Gasteiger partial charge in [-0.2, -0.15) is 0 Å². The van der Waals surface area contributed by atoms with E-state index < -0.39 is 0 Å². The van der Waals surface area contributed by atoms with Gasteiger partial charge in [0.05, 0.1) is 6.61 Å². The molecule has 1 aliphatic rings. The first kappa shape index (κ1) is 16.1. The molecule has 1 aliphatic heterocycles. The zero-order chi connectivity index (χ0) is 14.8. The number of hydrogen-bond acceptors (Lipinski definition) is 2. The van der Waals surface area contributed by atoms with Crippen LogP contribution in [0.1, 0.15) is 51.0 Å². The first-order valence-corrected chi connectivity index (χ1v) is 8.37. The summed E-state index contributed by atoms with van der Waals surface area (Å²) in [6, 6.07) is 8.35. The fourth-order valence-corrected chi connectivity index (χ4v) is 2.36. The van der Waals surface area contributed by atoms with Gasteiger partial charge in [0.15, 0.2) is 0 Å². The third-order valence-electron chi connectivity index (χ3n) is 3.77. The molecule has 0 aliphatic carbocycles. The molecular formula is C19H28O2. The molecule has 2 heteroatoms. The van der Waals surface area contributed by atoms with Crippen LogP contribution in [-0.2, 0) is 11.2 Å². The van der Waals surface area contributed by atoms with E-state index in [4.69, 9.17) is 9.47 Å². The topological polar surface area (TPSA) is 21.8 Å². The second-order valence-corrected chi connectivity index (χ2v) is 5.73. The van der Waals surface area contributed by atoms with E-state index >= 15 is 0 Å². The molecule has 1 heterocycles. The van der Waals surface area contributed by atoms with Gasteiger partial charge in [-0.15, -0.1) is 0 Å². The predicted molar refractivity (Wildman–Crippen MR) is 87.9 cm³/mol. The molecule has 1 aromatic rings. The Bertz CT molecular complexity index is 421. The van der Waals surface area contributed by atoms with Crippen molar-refractivity contribution in [2.75, 3.05) is 13.2 Å². The van der Waals surface area contributed by atoms with Crippen molar-refractivity contribution >= 4 is 0 Å². The molecule has 0 saturated carbocycles. The third kappa shape index (κ3) is 6.81. The second-order valence-electron chi connectivity index (χ2n) is 5.73. The van der Waals surface area contributed by atoms with E-state index in [1.165, 1.54) is 37.7 Å². The summed E-state index contributed by atoms with van der Waals surface area (Å²) in [5, 5.41) is 0. The van der Waals surface area contributed by atoms with Crippen LogP contribution in [0.4, 0.5) is 0 Å².